The Hall–Kier alpha value is -3.35. The van der Waals surface area contributed by atoms with Crippen LogP contribution in [0.4, 0.5) is 0 Å². The number of ketones is 2. The van der Waals surface area contributed by atoms with Gasteiger partial charge in [0.2, 0.25) is 0 Å². The molecule has 0 saturated heterocycles. The van der Waals surface area contributed by atoms with Gasteiger partial charge in [-0.25, -0.2) is 0 Å². The van der Waals surface area contributed by atoms with Gasteiger partial charge in [-0.05, 0) is 74.4 Å². The van der Waals surface area contributed by atoms with E-state index < -0.39 is 0 Å². The molecule has 0 N–H and O–H groups in total. The highest BCUT2D eigenvalue weighted by atomic mass is 31.1. The second-order valence-electron chi connectivity index (χ2n) is 9.42. The number of carbonyl (C=O) groups excluding carboxylic acids is 2. The lowest BCUT2D eigenvalue weighted by atomic mass is 9.93. The Morgan fingerprint density at radius 3 is 1.17 bits per heavy atom. The Balaban J connectivity index is 1.76. The third-order valence-corrected chi connectivity index (χ3v) is 7.83. The summed E-state index contributed by atoms with van der Waals surface area (Å²) in [6.45, 7) is 12.1. The van der Waals surface area contributed by atoms with Gasteiger partial charge in [0.15, 0.2) is 11.6 Å². The lowest BCUT2D eigenvalue weighted by Gasteiger charge is -2.16. The van der Waals surface area contributed by atoms with E-state index in [1.165, 1.54) is 0 Å². The Labute approximate surface area is 210 Å². The molecule has 0 aromatic heterocycles. The van der Waals surface area contributed by atoms with Gasteiger partial charge in [0.25, 0.3) is 0 Å². The summed E-state index contributed by atoms with van der Waals surface area (Å²) in [7, 11) is 0.191. The fourth-order valence-electron chi connectivity index (χ4n) is 5.07. The van der Waals surface area contributed by atoms with E-state index in [4.69, 9.17) is 0 Å². The van der Waals surface area contributed by atoms with Crippen molar-refractivity contribution < 1.29 is 9.59 Å². The summed E-state index contributed by atoms with van der Waals surface area (Å²) in [5.74, 6) is 0.0780. The van der Waals surface area contributed by atoms with Gasteiger partial charge in [-0.15, -0.1) is 0 Å². The highest BCUT2D eigenvalue weighted by Gasteiger charge is 2.21. The minimum Gasteiger partial charge on any atom is -0.289 e. The lowest BCUT2D eigenvalue weighted by molar-refractivity contribution is 0.103. The Morgan fingerprint density at radius 1 is 0.514 bits per heavy atom. The molecule has 0 bridgehead atoms. The minimum atomic E-state index is 0.0390. The van der Waals surface area contributed by atoms with Gasteiger partial charge < -0.3 is 0 Å². The molecule has 4 rings (SSSR count). The van der Waals surface area contributed by atoms with Crippen molar-refractivity contribution in [1.82, 2.24) is 0 Å². The van der Waals surface area contributed by atoms with Crippen molar-refractivity contribution in [1.29, 1.82) is 0 Å². The third-order valence-electron chi connectivity index (χ3n) is 6.42. The molecule has 0 heterocycles. The molecular formula is C32H31O2P. The van der Waals surface area contributed by atoms with Gasteiger partial charge >= 0.3 is 0 Å². The second kappa shape index (κ2) is 10.1. The van der Waals surface area contributed by atoms with Crippen molar-refractivity contribution >= 4 is 30.8 Å². The molecule has 4 aromatic carbocycles. The van der Waals surface area contributed by atoms with E-state index in [1.54, 1.807) is 0 Å². The number of rotatable bonds is 6. The molecule has 2 nitrogen and oxygen atoms in total. The van der Waals surface area contributed by atoms with Crippen LogP contribution < -0.4 is 10.6 Å². The zero-order chi connectivity index (χ0) is 25.3. The minimum absolute atomic E-state index is 0.0390. The van der Waals surface area contributed by atoms with Gasteiger partial charge in [-0.2, -0.15) is 0 Å². The van der Waals surface area contributed by atoms with Crippen molar-refractivity contribution in [3.8, 4) is 0 Å². The van der Waals surface area contributed by atoms with E-state index in [0.29, 0.717) is 11.1 Å². The van der Waals surface area contributed by atoms with Crippen molar-refractivity contribution in [2.45, 2.75) is 41.5 Å². The summed E-state index contributed by atoms with van der Waals surface area (Å²) in [6.07, 6.45) is 0. The molecule has 0 spiro atoms. The van der Waals surface area contributed by atoms with Gasteiger partial charge in [-0.1, -0.05) is 92.5 Å². The average Bonchev–Trinajstić information content (AvgIpc) is 2.78. The topological polar surface area (TPSA) is 34.1 Å². The lowest BCUT2D eigenvalue weighted by Crippen LogP contribution is -2.20. The van der Waals surface area contributed by atoms with E-state index >= 15 is 0 Å². The molecule has 0 atom stereocenters. The van der Waals surface area contributed by atoms with Crippen LogP contribution in [0.25, 0.3) is 0 Å². The number of carbonyl (C=O) groups is 2. The van der Waals surface area contributed by atoms with Crippen LogP contribution >= 0.6 is 8.58 Å². The quantitative estimate of drug-likeness (QED) is 0.230. The monoisotopic (exact) mass is 478 g/mol. The normalized spacial score (nSPS) is 10.9. The van der Waals surface area contributed by atoms with Crippen LogP contribution in [0.15, 0.2) is 72.8 Å². The number of hydrogen-bond acceptors (Lipinski definition) is 2. The molecule has 0 radical (unpaired) electrons. The van der Waals surface area contributed by atoms with Crippen LogP contribution in [-0.2, 0) is 0 Å². The van der Waals surface area contributed by atoms with Crippen molar-refractivity contribution in [3.63, 3.8) is 0 Å². The van der Waals surface area contributed by atoms with Gasteiger partial charge in [0.1, 0.15) is 0 Å². The first kappa shape index (κ1) is 24.8. The largest absolute Gasteiger partial charge is 0.289 e. The molecule has 176 valence electrons. The number of benzene rings is 4. The highest BCUT2D eigenvalue weighted by Crippen LogP contribution is 2.25. The van der Waals surface area contributed by atoms with E-state index in [1.807, 2.05) is 76.2 Å². The molecule has 35 heavy (non-hydrogen) atoms. The van der Waals surface area contributed by atoms with Crippen LogP contribution in [0.1, 0.15) is 65.2 Å². The third kappa shape index (κ3) is 5.04. The molecule has 0 aliphatic heterocycles. The summed E-state index contributed by atoms with van der Waals surface area (Å²) >= 11 is 0. The van der Waals surface area contributed by atoms with Crippen molar-refractivity contribution in [2.24, 2.45) is 0 Å². The van der Waals surface area contributed by atoms with E-state index in [0.717, 1.165) is 55.1 Å². The highest BCUT2D eigenvalue weighted by molar-refractivity contribution is 7.56. The summed E-state index contributed by atoms with van der Waals surface area (Å²) in [6, 6.07) is 23.8. The first-order valence-electron chi connectivity index (χ1n) is 11.9. The molecule has 0 unspecified atom stereocenters. The molecule has 0 saturated carbocycles. The number of hydrogen-bond donors (Lipinski definition) is 0. The smallest absolute Gasteiger partial charge is 0.194 e. The molecule has 0 aliphatic rings. The molecule has 4 aromatic rings. The predicted molar refractivity (Wildman–Crippen MR) is 149 cm³/mol. The van der Waals surface area contributed by atoms with Crippen LogP contribution in [0.5, 0.6) is 0 Å². The van der Waals surface area contributed by atoms with E-state index in [9.17, 15) is 9.59 Å². The zero-order valence-corrected chi connectivity index (χ0v) is 22.2. The van der Waals surface area contributed by atoms with Gasteiger partial charge in [-0.3, -0.25) is 9.59 Å². The Kier molecular flexibility index (Phi) is 7.15. The molecule has 3 heteroatoms. The molecular weight excluding hydrogens is 447 g/mol. The molecule has 0 fully saturated rings. The maximum absolute atomic E-state index is 13.7. The zero-order valence-electron chi connectivity index (χ0n) is 21.2. The van der Waals surface area contributed by atoms with Gasteiger partial charge in [0.05, 0.1) is 0 Å². The summed E-state index contributed by atoms with van der Waals surface area (Å²) in [5, 5.41) is 1.91. The SMILES string of the molecule is Cc1cc(C)c(C(=O)c2ccccc2Pc2ccccc2C(=O)c2c(C)cc(C)cc2C)c(C)c1. The van der Waals surface area contributed by atoms with Crippen molar-refractivity contribution in [3.05, 3.63) is 128 Å². The summed E-state index contributed by atoms with van der Waals surface area (Å²) < 4.78 is 0. The Morgan fingerprint density at radius 2 is 0.829 bits per heavy atom. The standard InChI is InChI=1S/C32H31O2P/c1-19-15-21(3)29(22(4)16-19)31(33)25-11-7-9-13-27(25)35-28-14-10-8-12-26(28)32(34)30-23(5)17-20(2)18-24(30)6/h7-18,35H,1-6H3. The van der Waals surface area contributed by atoms with Crippen LogP contribution in [-0.4, -0.2) is 11.6 Å². The fraction of sp³-hybridized carbons (Fsp3) is 0.188. The molecule has 0 aliphatic carbocycles. The molecule has 0 amide bonds. The second-order valence-corrected chi connectivity index (χ2v) is 10.7. The number of aryl methyl sites for hydroxylation is 6. The van der Waals surface area contributed by atoms with E-state index in [2.05, 4.69) is 38.1 Å². The van der Waals surface area contributed by atoms with E-state index in [-0.39, 0.29) is 20.1 Å². The van der Waals surface area contributed by atoms with Crippen LogP contribution in [0.2, 0.25) is 0 Å². The first-order valence-corrected chi connectivity index (χ1v) is 12.9. The van der Waals surface area contributed by atoms with Crippen LogP contribution in [0.3, 0.4) is 0 Å². The van der Waals surface area contributed by atoms with Crippen LogP contribution in [0, 0.1) is 41.5 Å². The first-order chi connectivity index (χ1) is 16.7. The predicted octanol–water partition coefficient (Wildman–Crippen LogP) is 6.63. The van der Waals surface area contributed by atoms with Crippen molar-refractivity contribution in [2.75, 3.05) is 0 Å². The Bertz CT molecular complexity index is 1310. The fourth-order valence-corrected chi connectivity index (χ4v) is 6.38. The maximum Gasteiger partial charge on any atom is 0.194 e. The summed E-state index contributed by atoms with van der Waals surface area (Å²) in [4.78, 5) is 27.4. The summed E-state index contributed by atoms with van der Waals surface area (Å²) in [5.41, 5.74) is 9.21. The average molecular weight is 479 g/mol. The maximum atomic E-state index is 13.7. The van der Waals surface area contributed by atoms with Gasteiger partial charge in [0, 0.05) is 22.3 Å².